The molecule has 0 atom stereocenters. The van der Waals surface area contributed by atoms with Gasteiger partial charge in [0.05, 0.1) is 5.41 Å². The van der Waals surface area contributed by atoms with Crippen LogP contribution in [0.4, 0.5) is 0 Å². The number of allylic oxidation sites excluding steroid dienone is 1. The average Bonchev–Trinajstić information content (AvgIpc) is 2.48. The molecule has 0 radical (unpaired) electrons. The summed E-state index contributed by atoms with van der Waals surface area (Å²) in [6.45, 7) is 1.88. The maximum Gasteiger partial charge on any atom is 0.169 e. The number of aliphatic hydroxyl groups is 1. The standard InChI is InChI=1S/C19H18BrNO2/c1-13-3-4-14(12-21-13)17(22)11-18(23)19(9-2-10-19)15-5-7-16(20)8-6-15/h3-8,11-12,22H,2,9-10H2,1H3. The van der Waals surface area contributed by atoms with Crippen molar-refractivity contribution in [3.05, 3.63) is 70.0 Å². The van der Waals surface area contributed by atoms with Gasteiger partial charge in [-0.1, -0.05) is 34.5 Å². The first-order valence-corrected chi connectivity index (χ1v) is 8.45. The Labute approximate surface area is 144 Å². The van der Waals surface area contributed by atoms with Crippen LogP contribution in [0.5, 0.6) is 0 Å². The lowest BCUT2D eigenvalue weighted by molar-refractivity contribution is -0.122. The van der Waals surface area contributed by atoms with Crippen molar-refractivity contribution >= 4 is 27.5 Å². The fourth-order valence-corrected chi connectivity index (χ4v) is 3.21. The van der Waals surface area contributed by atoms with E-state index in [0.29, 0.717) is 5.56 Å². The fourth-order valence-electron chi connectivity index (χ4n) is 2.94. The van der Waals surface area contributed by atoms with Crippen LogP contribution < -0.4 is 0 Å². The molecule has 1 aromatic carbocycles. The largest absolute Gasteiger partial charge is 0.507 e. The third-order valence-corrected chi connectivity index (χ3v) is 5.08. The highest BCUT2D eigenvalue weighted by Crippen LogP contribution is 2.45. The zero-order chi connectivity index (χ0) is 16.4. The molecule has 3 rings (SSSR count). The number of benzene rings is 1. The number of carbonyl (C=O) groups excluding carboxylic acids is 1. The van der Waals surface area contributed by atoms with Gasteiger partial charge in [-0.3, -0.25) is 9.78 Å². The van der Waals surface area contributed by atoms with Gasteiger partial charge >= 0.3 is 0 Å². The van der Waals surface area contributed by atoms with Crippen LogP contribution in [-0.4, -0.2) is 15.9 Å². The maximum absolute atomic E-state index is 12.8. The molecule has 1 N–H and O–H groups in total. The SMILES string of the molecule is Cc1ccc(C(O)=CC(=O)C2(c3ccc(Br)cc3)CCC2)cn1. The van der Waals surface area contributed by atoms with E-state index in [4.69, 9.17) is 0 Å². The molecule has 118 valence electrons. The van der Waals surface area contributed by atoms with E-state index in [9.17, 15) is 9.90 Å². The topological polar surface area (TPSA) is 50.2 Å². The summed E-state index contributed by atoms with van der Waals surface area (Å²) in [6, 6.07) is 11.5. The smallest absolute Gasteiger partial charge is 0.169 e. The van der Waals surface area contributed by atoms with Crippen molar-refractivity contribution in [3.8, 4) is 0 Å². The molecule has 2 aromatic rings. The van der Waals surface area contributed by atoms with Crippen LogP contribution in [0, 0.1) is 6.92 Å². The monoisotopic (exact) mass is 371 g/mol. The summed E-state index contributed by atoms with van der Waals surface area (Å²) >= 11 is 3.42. The lowest BCUT2D eigenvalue weighted by Gasteiger charge is -2.40. The molecule has 0 amide bonds. The molecule has 1 aromatic heterocycles. The van der Waals surface area contributed by atoms with Gasteiger partial charge in [-0.15, -0.1) is 0 Å². The van der Waals surface area contributed by atoms with E-state index in [1.807, 2.05) is 37.3 Å². The molecular formula is C19H18BrNO2. The Kier molecular flexibility index (Phi) is 4.35. The van der Waals surface area contributed by atoms with Crippen LogP contribution in [0.1, 0.15) is 36.1 Å². The van der Waals surface area contributed by atoms with Gasteiger partial charge < -0.3 is 5.11 Å². The number of aromatic nitrogens is 1. The molecule has 0 saturated heterocycles. The average molecular weight is 372 g/mol. The number of pyridine rings is 1. The van der Waals surface area contributed by atoms with Crippen molar-refractivity contribution in [2.75, 3.05) is 0 Å². The highest BCUT2D eigenvalue weighted by molar-refractivity contribution is 9.10. The maximum atomic E-state index is 12.8. The number of rotatable bonds is 4. The van der Waals surface area contributed by atoms with Crippen LogP contribution in [-0.2, 0) is 10.2 Å². The molecule has 0 bridgehead atoms. The number of aliphatic hydroxyl groups excluding tert-OH is 1. The van der Waals surface area contributed by atoms with Gasteiger partial charge in [0, 0.05) is 28.0 Å². The minimum absolute atomic E-state index is 0.0223. The van der Waals surface area contributed by atoms with E-state index in [1.54, 1.807) is 12.3 Å². The third-order valence-electron chi connectivity index (χ3n) is 4.55. The number of nitrogens with zero attached hydrogens (tertiary/aromatic N) is 1. The van der Waals surface area contributed by atoms with Crippen molar-refractivity contribution in [2.24, 2.45) is 0 Å². The fraction of sp³-hybridized carbons (Fsp3) is 0.263. The number of aryl methyl sites for hydroxylation is 1. The Morgan fingerprint density at radius 1 is 1.22 bits per heavy atom. The van der Waals surface area contributed by atoms with Crippen LogP contribution in [0.15, 0.2) is 53.1 Å². The third kappa shape index (κ3) is 3.08. The summed E-state index contributed by atoms with van der Waals surface area (Å²) in [4.78, 5) is 17.0. The summed E-state index contributed by atoms with van der Waals surface area (Å²) in [6.07, 6.45) is 5.62. The molecule has 0 spiro atoms. The molecule has 4 heteroatoms. The molecule has 0 unspecified atom stereocenters. The van der Waals surface area contributed by atoms with Gasteiger partial charge in [0.2, 0.25) is 0 Å². The van der Waals surface area contributed by atoms with E-state index >= 15 is 0 Å². The molecule has 0 aliphatic heterocycles. The van der Waals surface area contributed by atoms with E-state index in [1.165, 1.54) is 6.08 Å². The summed E-state index contributed by atoms with van der Waals surface area (Å²) in [5, 5.41) is 10.2. The zero-order valence-corrected chi connectivity index (χ0v) is 14.5. The quantitative estimate of drug-likeness (QED) is 0.623. The molecule has 1 aliphatic carbocycles. The minimum Gasteiger partial charge on any atom is -0.507 e. The van der Waals surface area contributed by atoms with Crippen molar-refractivity contribution < 1.29 is 9.90 Å². The molecule has 1 saturated carbocycles. The number of hydrogen-bond acceptors (Lipinski definition) is 3. The number of carbonyl (C=O) groups is 1. The van der Waals surface area contributed by atoms with Gasteiger partial charge in [-0.25, -0.2) is 0 Å². The minimum atomic E-state index is -0.493. The van der Waals surface area contributed by atoms with Crippen molar-refractivity contribution in [1.29, 1.82) is 0 Å². The Morgan fingerprint density at radius 2 is 1.91 bits per heavy atom. The molecule has 23 heavy (non-hydrogen) atoms. The predicted octanol–water partition coefficient (Wildman–Crippen LogP) is 4.74. The molecule has 1 aliphatic rings. The van der Waals surface area contributed by atoms with E-state index in [2.05, 4.69) is 20.9 Å². The Balaban J connectivity index is 1.89. The van der Waals surface area contributed by atoms with Crippen LogP contribution in [0.2, 0.25) is 0 Å². The van der Waals surface area contributed by atoms with E-state index in [-0.39, 0.29) is 11.5 Å². The summed E-state index contributed by atoms with van der Waals surface area (Å²) < 4.78 is 0.993. The van der Waals surface area contributed by atoms with Gasteiger partial charge in [0.25, 0.3) is 0 Å². The first-order chi connectivity index (χ1) is 11.0. The predicted molar refractivity (Wildman–Crippen MR) is 94.3 cm³/mol. The Hall–Kier alpha value is -1.94. The van der Waals surface area contributed by atoms with Gasteiger partial charge in [0.1, 0.15) is 5.76 Å². The summed E-state index contributed by atoms with van der Waals surface area (Å²) in [5.74, 6) is -0.0602. The number of ketones is 1. The van der Waals surface area contributed by atoms with Crippen LogP contribution >= 0.6 is 15.9 Å². The normalized spacial score (nSPS) is 16.7. The highest BCUT2D eigenvalue weighted by atomic mass is 79.9. The van der Waals surface area contributed by atoms with Gasteiger partial charge in [-0.2, -0.15) is 0 Å². The number of hydrogen-bond donors (Lipinski definition) is 1. The molecule has 1 heterocycles. The second kappa shape index (κ2) is 6.28. The lowest BCUT2D eigenvalue weighted by atomic mass is 9.62. The lowest BCUT2D eigenvalue weighted by Crippen LogP contribution is -2.41. The second-order valence-electron chi connectivity index (χ2n) is 6.02. The van der Waals surface area contributed by atoms with E-state index in [0.717, 1.165) is 35.0 Å². The highest BCUT2D eigenvalue weighted by Gasteiger charge is 2.44. The van der Waals surface area contributed by atoms with Crippen LogP contribution in [0.25, 0.3) is 5.76 Å². The van der Waals surface area contributed by atoms with Crippen molar-refractivity contribution in [2.45, 2.75) is 31.6 Å². The number of halogens is 1. The first kappa shape index (κ1) is 15.9. The van der Waals surface area contributed by atoms with Gasteiger partial charge in [0.15, 0.2) is 5.78 Å². The molecular weight excluding hydrogens is 354 g/mol. The van der Waals surface area contributed by atoms with Crippen LogP contribution in [0.3, 0.4) is 0 Å². The molecule has 1 fully saturated rings. The zero-order valence-electron chi connectivity index (χ0n) is 12.9. The Morgan fingerprint density at radius 3 is 2.43 bits per heavy atom. The first-order valence-electron chi connectivity index (χ1n) is 7.65. The summed E-state index contributed by atoms with van der Waals surface area (Å²) in [5.41, 5.74) is 1.96. The van der Waals surface area contributed by atoms with E-state index < -0.39 is 5.41 Å². The second-order valence-corrected chi connectivity index (χ2v) is 6.94. The Bertz CT molecular complexity index is 744. The van der Waals surface area contributed by atoms with Crippen molar-refractivity contribution in [1.82, 2.24) is 4.98 Å². The summed E-state index contributed by atoms with van der Waals surface area (Å²) in [7, 11) is 0. The van der Waals surface area contributed by atoms with Crippen molar-refractivity contribution in [3.63, 3.8) is 0 Å². The van der Waals surface area contributed by atoms with Gasteiger partial charge in [-0.05, 0) is 49.6 Å². The molecule has 3 nitrogen and oxygen atoms in total.